The SMILES string of the molecule is CC(=O)Oc1ccc2ccccc2c1-c1ccccn1. The molecule has 98 valence electrons. The van der Waals surface area contributed by atoms with Gasteiger partial charge in [-0.1, -0.05) is 36.4 Å². The third-order valence-corrected chi connectivity index (χ3v) is 3.07. The van der Waals surface area contributed by atoms with E-state index in [1.54, 1.807) is 6.20 Å². The van der Waals surface area contributed by atoms with E-state index in [0.29, 0.717) is 5.75 Å². The van der Waals surface area contributed by atoms with E-state index in [9.17, 15) is 4.79 Å². The summed E-state index contributed by atoms with van der Waals surface area (Å²) >= 11 is 0. The molecule has 0 N–H and O–H groups in total. The minimum Gasteiger partial charge on any atom is -0.426 e. The Morgan fingerprint density at radius 3 is 2.55 bits per heavy atom. The van der Waals surface area contributed by atoms with Crippen LogP contribution in [0, 0.1) is 0 Å². The highest BCUT2D eigenvalue weighted by atomic mass is 16.5. The van der Waals surface area contributed by atoms with Gasteiger partial charge in [0.2, 0.25) is 0 Å². The first-order chi connectivity index (χ1) is 9.75. The number of pyridine rings is 1. The summed E-state index contributed by atoms with van der Waals surface area (Å²) < 4.78 is 5.33. The number of carbonyl (C=O) groups excluding carboxylic acids is 1. The Morgan fingerprint density at radius 1 is 1.00 bits per heavy atom. The highest BCUT2D eigenvalue weighted by Crippen LogP contribution is 2.36. The Labute approximate surface area is 116 Å². The van der Waals surface area contributed by atoms with Gasteiger partial charge in [-0.2, -0.15) is 0 Å². The first-order valence-corrected chi connectivity index (χ1v) is 6.37. The standard InChI is InChI=1S/C17H13NO2/c1-12(19)20-16-10-9-13-6-2-3-7-14(13)17(16)15-8-4-5-11-18-15/h2-11H,1H3. The molecule has 0 aliphatic rings. The average Bonchev–Trinajstić information content (AvgIpc) is 2.47. The summed E-state index contributed by atoms with van der Waals surface area (Å²) in [5.74, 6) is 0.201. The van der Waals surface area contributed by atoms with E-state index in [4.69, 9.17) is 4.74 Å². The van der Waals surface area contributed by atoms with E-state index in [1.807, 2.05) is 54.6 Å². The lowest BCUT2D eigenvalue weighted by Crippen LogP contribution is -2.03. The van der Waals surface area contributed by atoms with E-state index < -0.39 is 0 Å². The maximum absolute atomic E-state index is 11.3. The molecular weight excluding hydrogens is 250 g/mol. The number of rotatable bonds is 2. The maximum Gasteiger partial charge on any atom is 0.308 e. The van der Waals surface area contributed by atoms with Gasteiger partial charge in [0, 0.05) is 13.1 Å². The lowest BCUT2D eigenvalue weighted by Gasteiger charge is -2.11. The van der Waals surface area contributed by atoms with Crippen LogP contribution in [0.1, 0.15) is 6.92 Å². The summed E-state index contributed by atoms with van der Waals surface area (Å²) in [6, 6.07) is 17.4. The number of hydrogen-bond acceptors (Lipinski definition) is 3. The monoisotopic (exact) mass is 263 g/mol. The average molecular weight is 263 g/mol. The van der Waals surface area contributed by atoms with E-state index in [-0.39, 0.29) is 5.97 Å². The highest BCUT2D eigenvalue weighted by molar-refractivity contribution is 5.99. The zero-order chi connectivity index (χ0) is 13.9. The molecule has 0 spiro atoms. The van der Waals surface area contributed by atoms with Gasteiger partial charge in [0.15, 0.2) is 0 Å². The van der Waals surface area contributed by atoms with Gasteiger partial charge < -0.3 is 4.74 Å². The summed E-state index contributed by atoms with van der Waals surface area (Å²) in [5.41, 5.74) is 1.64. The predicted molar refractivity (Wildman–Crippen MR) is 78.5 cm³/mol. The largest absolute Gasteiger partial charge is 0.426 e. The molecular formula is C17H13NO2. The fraction of sp³-hybridized carbons (Fsp3) is 0.0588. The quantitative estimate of drug-likeness (QED) is 0.521. The van der Waals surface area contributed by atoms with Crippen LogP contribution in [0.4, 0.5) is 0 Å². The Hall–Kier alpha value is -2.68. The zero-order valence-corrected chi connectivity index (χ0v) is 11.0. The van der Waals surface area contributed by atoms with Gasteiger partial charge in [-0.3, -0.25) is 9.78 Å². The van der Waals surface area contributed by atoms with Crippen molar-refractivity contribution >= 4 is 16.7 Å². The molecule has 0 aliphatic carbocycles. The third kappa shape index (κ3) is 2.26. The number of fused-ring (bicyclic) bond motifs is 1. The molecule has 3 aromatic rings. The van der Waals surface area contributed by atoms with Gasteiger partial charge in [-0.05, 0) is 29.0 Å². The zero-order valence-electron chi connectivity index (χ0n) is 11.0. The molecule has 0 saturated heterocycles. The van der Waals surface area contributed by atoms with Crippen LogP contribution in [-0.4, -0.2) is 11.0 Å². The van der Waals surface area contributed by atoms with Crippen molar-refractivity contribution in [2.24, 2.45) is 0 Å². The van der Waals surface area contributed by atoms with E-state index in [0.717, 1.165) is 22.0 Å². The highest BCUT2D eigenvalue weighted by Gasteiger charge is 2.13. The Morgan fingerprint density at radius 2 is 1.80 bits per heavy atom. The van der Waals surface area contributed by atoms with Crippen molar-refractivity contribution in [1.82, 2.24) is 4.98 Å². The second-order valence-corrected chi connectivity index (χ2v) is 4.47. The number of hydrogen-bond donors (Lipinski definition) is 0. The van der Waals surface area contributed by atoms with Crippen LogP contribution in [0.5, 0.6) is 5.75 Å². The molecule has 3 nitrogen and oxygen atoms in total. The molecule has 3 heteroatoms. The molecule has 0 fully saturated rings. The van der Waals surface area contributed by atoms with Crippen LogP contribution in [0.25, 0.3) is 22.0 Å². The summed E-state index contributed by atoms with van der Waals surface area (Å²) in [4.78, 5) is 15.7. The summed E-state index contributed by atoms with van der Waals surface area (Å²) in [7, 11) is 0. The summed E-state index contributed by atoms with van der Waals surface area (Å²) in [5, 5.41) is 2.11. The molecule has 0 saturated carbocycles. The molecule has 0 radical (unpaired) electrons. The van der Waals surface area contributed by atoms with Crippen molar-refractivity contribution in [3.63, 3.8) is 0 Å². The third-order valence-electron chi connectivity index (χ3n) is 3.07. The lowest BCUT2D eigenvalue weighted by molar-refractivity contribution is -0.131. The van der Waals surface area contributed by atoms with Crippen LogP contribution in [-0.2, 0) is 4.79 Å². The van der Waals surface area contributed by atoms with Crippen LogP contribution < -0.4 is 4.74 Å². The molecule has 0 amide bonds. The van der Waals surface area contributed by atoms with E-state index in [2.05, 4.69) is 4.98 Å². The lowest BCUT2D eigenvalue weighted by atomic mass is 10.0. The van der Waals surface area contributed by atoms with Gasteiger partial charge >= 0.3 is 5.97 Å². The minimum atomic E-state index is -0.336. The molecule has 20 heavy (non-hydrogen) atoms. The summed E-state index contributed by atoms with van der Waals surface area (Å²) in [6.07, 6.45) is 1.73. The van der Waals surface area contributed by atoms with Gasteiger partial charge in [0.25, 0.3) is 0 Å². The molecule has 0 atom stereocenters. The smallest absolute Gasteiger partial charge is 0.308 e. The van der Waals surface area contributed by atoms with Crippen LogP contribution in [0.15, 0.2) is 60.8 Å². The van der Waals surface area contributed by atoms with Crippen molar-refractivity contribution < 1.29 is 9.53 Å². The Balaban J connectivity index is 2.31. The Bertz CT molecular complexity index is 766. The van der Waals surface area contributed by atoms with Crippen LogP contribution in [0.2, 0.25) is 0 Å². The Kier molecular flexibility index (Phi) is 3.17. The van der Waals surface area contributed by atoms with Crippen molar-refractivity contribution in [3.8, 4) is 17.0 Å². The molecule has 3 rings (SSSR count). The first kappa shape index (κ1) is 12.4. The summed E-state index contributed by atoms with van der Waals surface area (Å²) in [6.45, 7) is 1.40. The number of aromatic nitrogens is 1. The number of ether oxygens (including phenoxy) is 1. The topological polar surface area (TPSA) is 39.2 Å². The van der Waals surface area contributed by atoms with Crippen molar-refractivity contribution in [2.45, 2.75) is 6.92 Å². The van der Waals surface area contributed by atoms with Gasteiger partial charge in [-0.25, -0.2) is 0 Å². The van der Waals surface area contributed by atoms with Crippen molar-refractivity contribution in [2.75, 3.05) is 0 Å². The normalized spacial score (nSPS) is 10.4. The number of esters is 1. The maximum atomic E-state index is 11.3. The van der Waals surface area contributed by atoms with E-state index >= 15 is 0 Å². The predicted octanol–water partition coefficient (Wildman–Crippen LogP) is 3.83. The second kappa shape index (κ2) is 5.13. The van der Waals surface area contributed by atoms with Crippen LogP contribution >= 0.6 is 0 Å². The second-order valence-electron chi connectivity index (χ2n) is 4.47. The first-order valence-electron chi connectivity index (χ1n) is 6.37. The molecule has 1 heterocycles. The van der Waals surface area contributed by atoms with Gasteiger partial charge in [-0.15, -0.1) is 0 Å². The fourth-order valence-electron chi connectivity index (χ4n) is 2.27. The van der Waals surface area contributed by atoms with Gasteiger partial charge in [0.1, 0.15) is 5.75 Å². The molecule has 0 bridgehead atoms. The van der Waals surface area contributed by atoms with Gasteiger partial charge in [0.05, 0.1) is 11.3 Å². The molecule has 0 aliphatic heterocycles. The molecule has 1 aromatic heterocycles. The molecule has 2 aromatic carbocycles. The molecule has 0 unspecified atom stereocenters. The number of carbonyl (C=O) groups is 1. The number of benzene rings is 2. The number of nitrogens with zero attached hydrogens (tertiary/aromatic N) is 1. The van der Waals surface area contributed by atoms with Crippen LogP contribution in [0.3, 0.4) is 0 Å². The fourth-order valence-corrected chi connectivity index (χ4v) is 2.27. The van der Waals surface area contributed by atoms with Crippen molar-refractivity contribution in [3.05, 3.63) is 60.8 Å². The van der Waals surface area contributed by atoms with E-state index in [1.165, 1.54) is 6.92 Å². The van der Waals surface area contributed by atoms with Crippen molar-refractivity contribution in [1.29, 1.82) is 0 Å². The minimum absolute atomic E-state index is 0.336.